The van der Waals surface area contributed by atoms with Crippen LogP contribution in [0.5, 0.6) is 0 Å². The van der Waals surface area contributed by atoms with Gasteiger partial charge in [-0.05, 0) is 44.6 Å². The largest absolute Gasteiger partial charge is 0.354 e. The third kappa shape index (κ3) is 7.10. The zero-order chi connectivity index (χ0) is 15.1. The lowest BCUT2D eigenvalue weighted by atomic mass is 9.97. The van der Waals surface area contributed by atoms with E-state index in [1.807, 2.05) is 4.90 Å². The summed E-state index contributed by atoms with van der Waals surface area (Å²) in [5, 5.41) is 6.25. The molecular weight excluding hydrogens is 337 g/mol. The van der Waals surface area contributed by atoms with Crippen LogP contribution in [0.3, 0.4) is 0 Å². The minimum atomic E-state index is -0.0149. The predicted octanol–water partition coefficient (Wildman–Crippen LogP) is 1.90. The van der Waals surface area contributed by atoms with Crippen molar-refractivity contribution in [2.24, 2.45) is 5.92 Å². The van der Waals surface area contributed by atoms with Gasteiger partial charge in [0.1, 0.15) is 0 Å². The molecule has 2 atom stereocenters. The van der Waals surface area contributed by atoms with E-state index in [2.05, 4.69) is 17.2 Å². The average Bonchev–Trinajstić information content (AvgIpc) is 3.05. The molecule has 23 heavy (non-hydrogen) atoms. The van der Waals surface area contributed by atoms with E-state index in [9.17, 15) is 9.59 Å². The minimum absolute atomic E-state index is 0. The van der Waals surface area contributed by atoms with Crippen LogP contribution in [0.15, 0.2) is 12.7 Å². The summed E-state index contributed by atoms with van der Waals surface area (Å²) in [5.41, 5.74) is 0. The number of likely N-dealkylation sites (tertiary alicyclic amines) is 1. The number of amides is 2. The molecule has 2 fully saturated rings. The van der Waals surface area contributed by atoms with Crippen molar-refractivity contribution in [3.63, 3.8) is 0 Å². The smallest absolute Gasteiger partial charge is 0.237 e. The highest BCUT2D eigenvalue weighted by Gasteiger charge is 2.26. The standard InChI is InChI=1S/C16H27N3O2.2ClH/c1-2-3-8-15(20)19-10-5-6-13(12-19)11-18-16(21)14-7-4-9-17-14;;/h2,13-14,17H,1,3-12H2,(H,18,21);2*1H. The van der Waals surface area contributed by atoms with Gasteiger partial charge in [-0.3, -0.25) is 9.59 Å². The van der Waals surface area contributed by atoms with Crippen LogP contribution in [0.25, 0.3) is 0 Å². The summed E-state index contributed by atoms with van der Waals surface area (Å²) in [6.45, 7) is 6.90. The maximum atomic E-state index is 12.0. The Kier molecular flexibility index (Phi) is 11.3. The number of allylic oxidation sites excluding steroid dienone is 1. The first-order valence-electron chi connectivity index (χ1n) is 8.10. The van der Waals surface area contributed by atoms with Gasteiger partial charge in [-0.2, -0.15) is 0 Å². The van der Waals surface area contributed by atoms with Gasteiger partial charge in [0.15, 0.2) is 0 Å². The zero-order valence-corrected chi connectivity index (χ0v) is 15.2. The first kappa shape index (κ1) is 22.2. The number of nitrogens with zero attached hydrogens (tertiary/aromatic N) is 1. The highest BCUT2D eigenvalue weighted by Crippen LogP contribution is 2.17. The van der Waals surface area contributed by atoms with Gasteiger partial charge < -0.3 is 15.5 Å². The quantitative estimate of drug-likeness (QED) is 0.706. The number of nitrogens with one attached hydrogen (secondary N) is 2. The van der Waals surface area contributed by atoms with Crippen LogP contribution in [0.4, 0.5) is 0 Å². The molecule has 7 heteroatoms. The van der Waals surface area contributed by atoms with Gasteiger partial charge in [-0.25, -0.2) is 0 Å². The van der Waals surface area contributed by atoms with E-state index in [4.69, 9.17) is 0 Å². The van der Waals surface area contributed by atoms with Gasteiger partial charge in [0, 0.05) is 26.1 Å². The molecule has 0 radical (unpaired) electrons. The topological polar surface area (TPSA) is 61.4 Å². The summed E-state index contributed by atoms with van der Waals surface area (Å²) in [6.07, 6.45) is 7.20. The fraction of sp³-hybridized carbons (Fsp3) is 0.750. The minimum Gasteiger partial charge on any atom is -0.354 e. The second-order valence-corrected chi connectivity index (χ2v) is 6.07. The molecule has 2 N–H and O–H groups in total. The monoisotopic (exact) mass is 365 g/mol. The van der Waals surface area contributed by atoms with Crippen LogP contribution in [-0.4, -0.2) is 48.9 Å². The van der Waals surface area contributed by atoms with Gasteiger partial charge >= 0.3 is 0 Å². The number of rotatable bonds is 6. The molecule has 2 aliphatic heterocycles. The average molecular weight is 366 g/mol. The Morgan fingerprint density at radius 3 is 2.70 bits per heavy atom. The van der Waals surface area contributed by atoms with Crippen molar-refractivity contribution in [1.29, 1.82) is 0 Å². The van der Waals surface area contributed by atoms with Crippen LogP contribution in [0.1, 0.15) is 38.5 Å². The number of carbonyl (C=O) groups is 2. The first-order chi connectivity index (χ1) is 10.2. The summed E-state index contributed by atoms with van der Waals surface area (Å²) < 4.78 is 0. The summed E-state index contributed by atoms with van der Waals surface area (Å²) >= 11 is 0. The molecule has 2 heterocycles. The Morgan fingerprint density at radius 1 is 1.26 bits per heavy atom. The molecule has 2 aliphatic rings. The number of carbonyl (C=O) groups excluding carboxylic acids is 2. The van der Waals surface area contributed by atoms with Crippen LogP contribution in [0.2, 0.25) is 0 Å². The lowest BCUT2D eigenvalue weighted by Crippen LogP contribution is -2.46. The molecule has 0 aromatic rings. The molecule has 134 valence electrons. The molecule has 0 bridgehead atoms. The Bertz CT molecular complexity index is 388. The van der Waals surface area contributed by atoms with E-state index in [0.29, 0.717) is 18.9 Å². The van der Waals surface area contributed by atoms with E-state index in [1.165, 1.54) is 0 Å². The van der Waals surface area contributed by atoms with E-state index >= 15 is 0 Å². The molecular formula is C16H29Cl2N3O2. The second kappa shape index (κ2) is 11.7. The van der Waals surface area contributed by atoms with Crippen LogP contribution in [-0.2, 0) is 9.59 Å². The van der Waals surface area contributed by atoms with Crippen molar-refractivity contribution >= 4 is 36.6 Å². The lowest BCUT2D eigenvalue weighted by Gasteiger charge is -2.33. The van der Waals surface area contributed by atoms with E-state index < -0.39 is 0 Å². The van der Waals surface area contributed by atoms with Crippen molar-refractivity contribution in [3.8, 4) is 0 Å². The number of halogens is 2. The van der Waals surface area contributed by atoms with Crippen LogP contribution in [0, 0.1) is 5.92 Å². The molecule has 0 saturated carbocycles. The molecule has 2 unspecified atom stereocenters. The fourth-order valence-corrected chi connectivity index (χ4v) is 3.12. The molecule has 2 amide bonds. The number of piperidine rings is 1. The third-order valence-corrected chi connectivity index (χ3v) is 4.38. The summed E-state index contributed by atoms with van der Waals surface area (Å²) in [4.78, 5) is 26.0. The van der Waals surface area contributed by atoms with Crippen molar-refractivity contribution in [3.05, 3.63) is 12.7 Å². The van der Waals surface area contributed by atoms with Crippen LogP contribution >= 0.6 is 24.8 Å². The Labute approximate surface area is 151 Å². The number of hydrogen-bond donors (Lipinski definition) is 2. The van der Waals surface area contributed by atoms with E-state index in [0.717, 1.165) is 51.7 Å². The van der Waals surface area contributed by atoms with Gasteiger partial charge in [0.25, 0.3) is 0 Å². The predicted molar refractivity (Wildman–Crippen MR) is 97.3 cm³/mol. The van der Waals surface area contributed by atoms with Crippen molar-refractivity contribution in [2.75, 3.05) is 26.2 Å². The summed E-state index contributed by atoms with van der Waals surface area (Å²) in [6, 6.07) is -0.0149. The maximum absolute atomic E-state index is 12.0. The summed E-state index contributed by atoms with van der Waals surface area (Å²) in [7, 11) is 0. The Balaban J connectivity index is 0.00000242. The van der Waals surface area contributed by atoms with Gasteiger partial charge in [0.05, 0.1) is 6.04 Å². The Hall–Kier alpha value is -0.780. The normalized spacial score (nSPS) is 23.4. The first-order valence-corrected chi connectivity index (χ1v) is 8.10. The fourth-order valence-electron chi connectivity index (χ4n) is 3.12. The summed E-state index contributed by atoms with van der Waals surface area (Å²) in [5.74, 6) is 0.711. The molecule has 2 saturated heterocycles. The number of hydrogen-bond acceptors (Lipinski definition) is 3. The van der Waals surface area contributed by atoms with E-state index in [-0.39, 0.29) is 42.7 Å². The second-order valence-electron chi connectivity index (χ2n) is 6.07. The SMILES string of the molecule is C=CCCC(=O)N1CCCC(CNC(=O)C2CCCN2)C1.Cl.Cl. The zero-order valence-electron chi connectivity index (χ0n) is 13.6. The molecule has 0 aromatic carbocycles. The molecule has 0 aromatic heterocycles. The maximum Gasteiger partial charge on any atom is 0.237 e. The van der Waals surface area contributed by atoms with Crippen LogP contribution < -0.4 is 10.6 Å². The molecule has 5 nitrogen and oxygen atoms in total. The van der Waals surface area contributed by atoms with E-state index in [1.54, 1.807) is 6.08 Å². The molecule has 0 spiro atoms. The van der Waals surface area contributed by atoms with Gasteiger partial charge in [-0.15, -0.1) is 31.4 Å². The molecule has 2 rings (SSSR count). The third-order valence-electron chi connectivity index (χ3n) is 4.38. The van der Waals surface area contributed by atoms with Crippen molar-refractivity contribution in [1.82, 2.24) is 15.5 Å². The Morgan fingerprint density at radius 2 is 2.04 bits per heavy atom. The lowest BCUT2D eigenvalue weighted by molar-refractivity contribution is -0.132. The highest BCUT2D eigenvalue weighted by atomic mass is 35.5. The van der Waals surface area contributed by atoms with Gasteiger partial charge in [0.2, 0.25) is 11.8 Å². The van der Waals surface area contributed by atoms with Crippen molar-refractivity contribution < 1.29 is 9.59 Å². The van der Waals surface area contributed by atoms with Crippen molar-refractivity contribution in [2.45, 2.75) is 44.6 Å². The van der Waals surface area contributed by atoms with Gasteiger partial charge in [-0.1, -0.05) is 6.08 Å². The molecule has 0 aliphatic carbocycles. The highest BCUT2D eigenvalue weighted by molar-refractivity contribution is 5.85.